The largest absolute Gasteiger partial charge is 0.497 e. The highest BCUT2D eigenvalue weighted by atomic mass is 16.5. The van der Waals surface area contributed by atoms with Crippen LogP contribution in [0.3, 0.4) is 0 Å². The van der Waals surface area contributed by atoms with Gasteiger partial charge in [0.05, 0.1) is 13.7 Å². The fourth-order valence-electron chi connectivity index (χ4n) is 3.83. The first-order valence-electron chi connectivity index (χ1n) is 9.49. The van der Waals surface area contributed by atoms with Crippen molar-refractivity contribution in [2.45, 2.75) is 38.8 Å². The van der Waals surface area contributed by atoms with Gasteiger partial charge in [-0.2, -0.15) is 0 Å². The Kier molecular flexibility index (Phi) is 4.99. The van der Waals surface area contributed by atoms with E-state index in [9.17, 15) is 0 Å². The van der Waals surface area contributed by atoms with Crippen molar-refractivity contribution in [3.05, 3.63) is 53.5 Å². The van der Waals surface area contributed by atoms with Crippen molar-refractivity contribution >= 4 is 0 Å². The van der Waals surface area contributed by atoms with Gasteiger partial charge >= 0.3 is 0 Å². The molecular formula is C21H26N4O2. The Morgan fingerprint density at radius 2 is 2.07 bits per heavy atom. The minimum absolute atomic E-state index is 0.349. The molecule has 1 aliphatic rings. The van der Waals surface area contributed by atoms with Crippen LogP contribution >= 0.6 is 0 Å². The van der Waals surface area contributed by atoms with Crippen LogP contribution in [-0.2, 0) is 13.6 Å². The standard InChI is InChI=1S/C21H26N4O2/c1-15-10-11-19(24(15)2)21-23-22-20(27-21)14-25-12-5-4-9-18(25)16-7-6-8-17(13-16)26-3/h6-8,10-11,13,18H,4-5,9,12,14H2,1-3H3. The fraction of sp³-hybridized carbons (Fsp3) is 0.429. The number of ether oxygens (including phenoxy) is 1. The molecule has 1 atom stereocenters. The Hall–Kier alpha value is -2.60. The third kappa shape index (κ3) is 3.62. The molecule has 3 heterocycles. The van der Waals surface area contributed by atoms with E-state index in [1.54, 1.807) is 7.11 Å². The molecule has 1 unspecified atom stereocenters. The second-order valence-corrected chi connectivity index (χ2v) is 7.18. The van der Waals surface area contributed by atoms with E-state index in [2.05, 4.69) is 50.9 Å². The van der Waals surface area contributed by atoms with Crippen LogP contribution in [0, 0.1) is 6.92 Å². The molecule has 142 valence electrons. The van der Waals surface area contributed by atoms with Gasteiger partial charge in [-0.25, -0.2) is 0 Å². The van der Waals surface area contributed by atoms with Gasteiger partial charge in [-0.3, -0.25) is 4.90 Å². The molecule has 4 rings (SSSR count). The van der Waals surface area contributed by atoms with Gasteiger partial charge in [0.2, 0.25) is 5.89 Å². The Morgan fingerprint density at radius 1 is 1.19 bits per heavy atom. The minimum Gasteiger partial charge on any atom is -0.497 e. The van der Waals surface area contributed by atoms with E-state index in [1.807, 2.05) is 19.2 Å². The molecule has 3 aromatic rings. The summed E-state index contributed by atoms with van der Waals surface area (Å²) in [5.74, 6) is 2.14. The van der Waals surface area contributed by atoms with Crippen LogP contribution in [0.5, 0.6) is 5.75 Å². The van der Waals surface area contributed by atoms with E-state index < -0.39 is 0 Å². The zero-order valence-corrected chi connectivity index (χ0v) is 16.2. The van der Waals surface area contributed by atoms with E-state index in [0.717, 1.165) is 24.4 Å². The van der Waals surface area contributed by atoms with Crippen LogP contribution in [-0.4, -0.2) is 33.3 Å². The summed E-state index contributed by atoms with van der Waals surface area (Å²) < 4.78 is 13.5. The smallest absolute Gasteiger partial charge is 0.264 e. The molecule has 1 aromatic carbocycles. The SMILES string of the molecule is COc1cccc(C2CCCCN2Cc2nnc(-c3ccc(C)n3C)o2)c1. The van der Waals surface area contributed by atoms with Gasteiger partial charge in [0, 0.05) is 18.8 Å². The number of rotatable bonds is 5. The van der Waals surface area contributed by atoms with Crippen molar-refractivity contribution in [1.29, 1.82) is 0 Å². The molecule has 2 aromatic heterocycles. The highest BCUT2D eigenvalue weighted by Crippen LogP contribution is 2.33. The summed E-state index contributed by atoms with van der Waals surface area (Å²) in [5, 5.41) is 8.57. The summed E-state index contributed by atoms with van der Waals surface area (Å²) in [6.07, 6.45) is 3.56. The van der Waals surface area contributed by atoms with E-state index >= 15 is 0 Å². The lowest BCUT2D eigenvalue weighted by molar-refractivity contribution is 0.128. The number of piperidine rings is 1. The van der Waals surface area contributed by atoms with Crippen LogP contribution in [0.1, 0.15) is 42.5 Å². The first-order chi connectivity index (χ1) is 13.2. The van der Waals surface area contributed by atoms with Crippen LogP contribution in [0.25, 0.3) is 11.6 Å². The predicted molar refractivity (Wildman–Crippen MR) is 103 cm³/mol. The maximum atomic E-state index is 5.99. The van der Waals surface area contributed by atoms with Gasteiger partial charge in [0.25, 0.3) is 5.89 Å². The number of benzene rings is 1. The molecule has 0 bridgehead atoms. The Morgan fingerprint density at radius 3 is 2.85 bits per heavy atom. The highest BCUT2D eigenvalue weighted by Gasteiger charge is 2.26. The van der Waals surface area contributed by atoms with Crippen LogP contribution in [0.15, 0.2) is 40.8 Å². The quantitative estimate of drug-likeness (QED) is 0.680. The second-order valence-electron chi connectivity index (χ2n) is 7.18. The van der Waals surface area contributed by atoms with Crippen LogP contribution in [0.2, 0.25) is 0 Å². The van der Waals surface area contributed by atoms with Gasteiger partial charge in [-0.15, -0.1) is 10.2 Å². The molecule has 0 radical (unpaired) electrons. The third-order valence-electron chi connectivity index (χ3n) is 5.49. The lowest BCUT2D eigenvalue weighted by Crippen LogP contribution is -2.33. The minimum atomic E-state index is 0.349. The fourth-order valence-corrected chi connectivity index (χ4v) is 3.83. The molecule has 1 fully saturated rings. The topological polar surface area (TPSA) is 56.3 Å². The number of likely N-dealkylation sites (tertiary alicyclic amines) is 1. The highest BCUT2D eigenvalue weighted by molar-refractivity contribution is 5.48. The molecule has 0 amide bonds. The number of methoxy groups -OCH3 is 1. The molecule has 27 heavy (non-hydrogen) atoms. The van der Waals surface area contributed by atoms with Gasteiger partial charge < -0.3 is 13.7 Å². The van der Waals surface area contributed by atoms with Crippen molar-refractivity contribution in [3.63, 3.8) is 0 Å². The average Bonchev–Trinajstić information content (AvgIpc) is 3.29. The number of aryl methyl sites for hydroxylation is 1. The number of hydrogen-bond acceptors (Lipinski definition) is 5. The lowest BCUT2D eigenvalue weighted by Gasteiger charge is -2.35. The van der Waals surface area contributed by atoms with Crippen molar-refractivity contribution < 1.29 is 9.15 Å². The summed E-state index contributed by atoms with van der Waals surface area (Å²) >= 11 is 0. The predicted octanol–water partition coefficient (Wildman–Crippen LogP) is 4.12. The molecule has 1 saturated heterocycles. The van der Waals surface area contributed by atoms with Crippen LogP contribution < -0.4 is 4.74 Å². The summed E-state index contributed by atoms with van der Waals surface area (Å²) in [6, 6.07) is 12.8. The van der Waals surface area contributed by atoms with Crippen molar-refractivity contribution in [3.8, 4) is 17.3 Å². The summed E-state index contributed by atoms with van der Waals surface area (Å²) in [5.41, 5.74) is 3.40. The van der Waals surface area contributed by atoms with Gasteiger partial charge in [0.1, 0.15) is 11.4 Å². The third-order valence-corrected chi connectivity index (χ3v) is 5.49. The molecule has 1 aliphatic heterocycles. The van der Waals surface area contributed by atoms with E-state index in [-0.39, 0.29) is 0 Å². The van der Waals surface area contributed by atoms with Gasteiger partial charge in [-0.1, -0.05) is 18.6 Å². The van der Waals surface area contributed by atoms with Crippen molar-refractivity contribution in [1.82, 2.24) is 19.7 Å². The molecule has 0 saturated carbocycles. The van der Waals surface area contributed by atoms with E-state index in [4.69, 9.17) is 9.15 Å². The molecule has 6 nitrogen and oxygen atoms in total. The molecular weight excluding hydrogens is 340 g/mol. The monoisotopic (exact) mass is 366 g/mol. The number of nitrogens with zero attached hydrogens (tertiary/aromatic N) is 4. The van der Waals surface area contributed by atoms with Gasteiger partial charge in [-0.05, 0) is 56.1 Å². The molecule has 0 N–H and O–H groups in total. The molecule has 0 spiro atoms. The Labute approximate surface area is 159 Å². The lowest BCUT2D eigenvalue weighted by atomic mass is 9.95. The molecule has 0 aliphatic carbocycles. The maximum absolute atomic E-state index is 5.99. The zero-order chi connectivity index (χ0) is 18.8. The van der Waals surface area contributed by atoms with Crippen LogP contribution in [0.4, 0.5) is 0 Å². The first-order valence-corrected chi connectivity index (χ1v) is 9.49. The number of hydrogen-bond donors (Lipinski definition) is 0. The van der Waals surface area contributed by atoms with Crippen molar-refractivity contribution in [2.75, 3.05) is 13.7 Å². The summed E-state index contributed by atoms with van der Waals surface area (Å²) in [7, 11) is 3.72. The number of aromatic nitrogens is 3. The second kappa shape index (κ2) is 7.56. The van der Waals surface area contributed by atoms with Gasteiger partial charge in [0.15, 0.2) is 0 Å². The summed E-state index contributed by atoms with van der Waals surface area (Å²) in [4.78, 5) is 2.44. The Bertz CT molecular complexity index is 915. The Balaban J connectivity index is 1.54. The van der Waals surface area contributed by atoms with E-state index in [0.29, 0.717) is 24.4 Å². The van der Waals surface area contributed by atoms with Crippen molar-refractivity contribution in [2.24, 2.45) is 7.05 Å². The first kappa shape index (κ1) is 17.8. The average molecular weight is 366 g/mol. The van der Waals surface area contributed by atoms with E-state index in [1.165, 1.54) is 24.1 Å². The zero-order valence-electron chi connectivity index (χ0n) is 16.2. The molecule has 6 heteroatoms. The normalized spacial score (nSPS) is 18.0. The summed E-state index contributed by atoms with van der Waals surface area (Å²) in [6.45, 7) is 3.76. The maximum Gasteiger partial charge on any atom is 0.264 e.